The second kappa shape index (κ2) is 8.65. The summed E-state index contributed by atoms with van der Waals surface area (Å²) in [5.41, 5.74) is 0. The quantitative estimate of drug-likeness (QED) is 0.308. The first kappa shape index (κ1) is 14.1. The summed E-state index contributed by atoms with van der Waals surface area (Å²) in [6, 6.07) is 0. The Bertz CT molecular complexity index is 111. The van der Waals surface area contributed by atoms with Crippen molar-refractivity contribution in [3.05, 3.63) is 0 Å². The molecule has 0 heterocycles. The summed E-state index contributed by atoms with van der Waals surface area (Å²) in [6.45, 7) is -0.747. The SMILES string of the molecule is O=[PH]([O-])OCO[PH](=O)[O-].[Ca+2]. The van der Waals surface area contributed by atoms with Crippen molar-refractivity contribution >= 4 is 54.2 Å². The molecule has 0 rings (SSSR count). The van der Waals surface area contributed by atoms with E-state index in [2.05, 4.69) is 9.05 Å². The van der Waals surface area contributed by atoms with Crippen LogP contribution in [0.1, 0.15) is 0 Å². The summed E-state index contributed by atoms with van der Waals surface area (Å²) in [7, 11) is -6.63. The van der Waals surface area contributed by atoms with Crippen molar-refractivity contribution < 1.29 is 28.0 Å². The van der Waals surface area contributed by atoms with Crippen molar-refractivity contribution in [2.75, 3.05) is 6.79 Å². The molecule has 0 aliphatic heterocycles. The second-order valence-corrected chi connectivity index (χ2v) is 2.48. The molecule has 0 fully saturated rings. The summed E-state index contributed by atoms with van der Waals surface area (Å²) < 4.78 is 26.6. The van der Waals surface area contributed by atoms with E-state index in [4.69, 9.17) is 0 Å². The van der Waals surface area contributed by atoms with Crippen LogP contribution in [0.15, 0.2) is 0 Å². The van der Waals surface area contributed by atoms with Gasteiger partial charge in [0, 0.05) is 0 Å². The van der Waals surface area contributed by atoms with Crippen molar-refractivity contribution in [1.82, 2.24) is 0 Å². The molecule has 2 unspecified atom stereocenters. The van der Waals surface area contributed by atoms with Crippen LogP contribution in [0.5, 0.6) is 0 Å². The van der Waals surface area contributed by atoms with Crippen molar-refractivity contribution in [3.8, 4) is 0 Å². The molecular weight excluding hydrogens is 210 g/mol. The largest absolute Gasteiger partial charge is 2.00 e. The fourth-order valence-corrected chi connectivity index (χ4v) is 0.554. The molecule has 0 saturated carbocycles. The Morgan fingerprint density at radius 2 is 1.40 bits per heavy atom. The Morgan fingerprint density at radius 1 is 1.10 bits per heavy atom. The average molecular weight is 214 g/mol. The van der Waals surface area contributed by atoms with E-state index in [-0.39, 0.29) is 37.7 Å². The maximum atomic E-state index is 9.56. The molecular formula is CH4CaO6P2. The van der Waals surface area contributed by atoms with Gasteiger partial charge >= 0.3 is 37.7 Å². The molecule has 0 spiro atoms. The molecule has 0 amide bonds. The van der Waals surface area contributed by atoms with Gasteiger partial charge in [-0.05, 0) is 0 Å². The molecule has 0 aromatic rings. The van der Waals surface area contributed by atoms with Gasteiger partial charge in [0.25, 0.3) is 0 Å². The molecule has 10 heavy (non-hydrogen) atoms. The van der Waals surface area contributed by atoms with Crippen LogP contribution in [-0.2, 0) is 18.2 Å². The molecule has 0 saturated heterocycles. The Kier molecular flexibility index (Phi) is 12.2. The Balaban J connectivity index is 0. The third-order valence-electron chi connectivity index (χ3n) is 0.354. The predicted molar refractivity (Wildman–Crippen MR) is 30.8 cm³/mol. The van der Waals surface area contributed by atoms with Crippen LogP contribution in [0.2, 0.25) is 0 Å². The van der Waals surface area contributed by atoms with Gasteiger partial charge in [0.05, 0.1) is 0 Å². The maximum Gasteiger partial charge on any atom is 2.00 e. The van der Waals surface area contributed by atoms with E-state index in [1.807, 2.05) is 0 Å². The van der Waals surface area contributed by atoms with Gasteiger partial charge in [-0.15, -0.1) is 0 Å². The summed E-state index contributed by atoms with van der Waals surface area (Å²) in [5.74, 6) is 0. The molecule has 0 radical (unpaired) electrons. The van der Waals surface area contributed by atoms with Crippen molar-refractivity contribution in [3.63, 3.8) is 0 Å². The van der Waals surface area contributed by atoms with Crippen LogP contribution in [-0.4, -0.2) is 44.5 Å². The fraction of sp³-hybridized carbons (Fsp3) is 1.00. The van der Waals surface area contributed by atoms with E-state index in [1.54, 1.807) is 0 Å². The number of rotatable bonds is 4. The van der Waals surface area contributed by atoms with E-state index < -0.39 is 23.3 Å². The molecule has 2 atom stereocenters. The first-order valence-electron chi connectivity index (χ1n) is 1.80. The normalized spacial score (nSPS) is 15.4. The average Bonchev–Trinajstić information content (AvgIpc) is 1.63. The molecule has 56 valence electrons. The van der Waals surface area contributed by atoms with E-state index in [9.17, 15) is 18.9 Å². The first-order valence-corrected chi connectivity index (χ1v) is 4.25. The van der Waals surface area contributed by atoms with Gasteiger partial charge in [-0.3, -0.25) is 0 Å². The van der Waals surface area contributed by atoms with E-state index in [0.717, 1.165) is 0 Å². The molecule has 0 bridgehead atoms. The molecule has 0 aliphatic carbocycles. The number of hydrogen-bond acceptors (Lipinski definition) is 6. The molecule has 0 N–H and O–H groups in total. The molecule has 0 aliphatic rings. The van der Waals surface area contributed by atoms with Crippen LogP contribution in [0, 0.1) is 0 Å². The van der Waals surface area contributed by atoms with E-state index >= 15 is 0 Å². The van der Waals surface area contributed by atoms with Crippen molar-refractivity contribution in [2.45, 2.75) is 0 Å². The van der Waals surface area contributed by atoms with Gasteiger partial charge in [-0.25, -0.2) is 0 Å². The first-order chi connectivity index (χ1) is 4.13. The summed E-state index contributed by atoms with van der Waals surface area (Å²) in [6.07, 6.45) is 0. The predicted octanol–water partition coefficient (Wildman–Crippen LogP) is -1.90. The minimum absolute atomic E-state index is 0. The van der Waals surface area contributed by atoms with Crippen LogP contribution in [0.4, 0.5) is 0 Å². The maximum absolute atomic E-state index is 9.56. The molecule has 9 heteroatoms. The zero-order valence-electron chi connectivity index (χ0n) is 4.86. The zero-order chi connectivity index (χ0) is 7.28. The van der Waals surface area contributed by atoms with E-state index in [0.29, 0.717) is 0 Å². The van der Waals surface area contributed by atoms with Gasteiger partial charge < -0.3 is 28.0 Å². The van der Waals surface area contributed by atoms with Crippen LogP contribution in [0.25, 0.3) is 0 Å². The smallest absolute Gasteiger partial charge is 0.781 e. The van der Waals surface area contributed by atoms with Gasteiger partial charge in [0.2, 0.25) is 0 Å². The van der Waals surface area contributed by atoms with Crippen LogP contribution in [0.3, 0.4) is 0 Å². The summed E-state index contributed by atoms with van der Waals surface area (Å²) >= 11 is 0. The van der Waals surface area contributed by atoms with Crippen LogP contribution < -0.4 is 9.79 Å². The topological polar surface area (TPSA) is 98.7 Å². The van der Waals surface area contributed by atoms with Gasteiger partial charge in [-0.2, -0.15) is 0 Å². The van der Waals surface area contributed by atoms with E-state index in [1.165, 1.54) is 0 Å². The standard InChI is InChI=1S/CH6O6P2.Ca/c2-8(3)6-1-7-9(4)5;/h8-9H,1H2,(H,2,3)(H,4,5);/q;+2/p-2. The minimum Gasteiger partial charge on any atom is -0.781 e. The minimum atomic E-state index is -3.32. The van der Waals surface area contributed by atoms with Crippen molar-refractivity contribution in [2.24, 2.45) is 0 Å². The Labute approximate surface area is 88.4 Å². The van der Waals surface area contributed by atoms with Crippen LogP contribution >= 0.6 is 16.5 Å². The fourth-order valence-electron chi connectivity index (χ4n) is 0.126. The Hall–Kier alpha value is 1.56. The summed E-state index contributed by atoms with van der Waals surface area (Å²) in [5, 5.41) is 0. The molecule has 0 aromatic carbocycles. The van der Waals surface area contributed by atoms with Crippen molar-refractivity contribution in [1.29, 1.82) is 0 Å². The van der Waals surface area contributed by atoms with Gasteiger partial charge in [-0.1, -0.05) is 0 Å². The third kappa shape index (κ3) is 12.3. The zero-order valence-corrected chi connectivity index (χ0v) is 9.07. The monoisotopic (exact) mass is 214 g/mol. The third-order valence-corrected chi connectivity index (χ3v) is 1.06. The Morgan fingerprint density at radius 3 is 1.60 bits per heavy atom. The molecule has 0 aromatic heterocycles. The van der Waals surface area contributed by atoms with Gasteiger partial charge in [0.15, 0.2) is 6.79 Å². The second-order valence-electron chi connectivity index (χ2n) is 0.907. The molecule has 6 nitrogen and oxygen atoms in total. The van der Waals surface area contributed by atoms with Gasteiger partial charge in [0.1, 0.15) is 16.5 Å². The number of hydrogen-bond donors (Lipinski definition) is 0. The summed E-state index contributed by atoms with van der Waals surface area (Å²) in [4.78, 5) is 19.1.